The van der Waals surface area contributed by atoms with Gasteiger partial charge in [0.25, 0.3) is 0 Å². The van der Waals surface area contributed by atoms with E-state index in [9.17, 15) is 4.39 Å². The van der Waals surface area contributed by atoms with Gasteiger partial charge in [0.1, 0.15) is 5.82 Å². The maximum atomic E-state index is 13.3. The number of hydrogen-bond acceptors (Lipinski definition) is 7. The third kappa shape index (κ3) is 4.29. The number of hydrogen-bond donors (Lipinski definition) is 1. The predicted molar refractivity (Wildman–Crippen MR) is 141 cm³/mol. The van der Waals surface area contributed by atoms with Crippen LogP contribution in [0.5, 0.6) is 0 Å². The molecule has 9 nitrogen and oxygen atoms in total. The number of nitrogens with zero attached hydrogens (tertiary/aromatic N) is 8. The Morgan fingerprint density at radius 2 is 1.54 bits per heavy atom. The van der Waals surface area contributed by atoms with Gasteiger partial charge >= 0.3 is 0 Å². The largest absolute Gasteiger partial charge is 0.366 e. The van der Waals surface area contributed by atoms with E-state index in [1.165, 1.54) is 12.1 Å². The number of aryl methyl sites for hydroxylation is 1. The lowest BCUT2D eigenvalue weighted by Crippen LogP contribution is -2.47. The molecule has 188 valence electrons. The first-order chi connectivity index (χ1) is 17.9. The Morgan fingerprint density at radius 3 is 2.22 bits per heavy atom. The summed E-state index contributed by atoms with van der Waals surface area (Å²) in [6, 6.07) is 10.5. The van der Waals surface area contributed by atoms with E-state index >= 15 is 0 Å². The van der Waals surface area contributed by atoms with Crippen LogP contribution in [0, 0.1) is 5.82 Å². The van der Waals surface area contributed by atoms with Crippen molar-refractivity contribution in [2.24, 2.45) is 12.8 Å². The van der Waals surface area contributed by atoms with Crippen molar-refractivity contribution in [3.63, 3.8) is 0 Å². The lowest BCUT2D eigenvalue weighted by molar-refractivity contribution is 0.585. The molecule has 1 aromatic carbocycles. The van der Waals surface area contributed by atoms with Crippen LogP contribution in [-0.4, -0.2) is 55.5 Å². The van der Waals surface area contributed by atoms with Crippen LogP contribution in [0.4, 0.5) is 16.0 Å². The molecule has 6 rings (SSSR count). The zero-order valence-electron chi connectivity index (χ0n) is 20.8. The summed E-state index contributed by atoms with van der Waals surface area (Å²) in [4.78, 5) is 13.8. The van der Waals surface area contributed by atoms with Crippen LogP contribution in [-0.2, 0) is 12.6 Å². The number of piperazine rings is 1. The molecule has 1 saturated heterocycles. The Hall–Kier alpha value is -4.31. The van der Waals surface area contributed by atoms with Crippen molar-refractivity contribution in [1.29, 1.82) is 0 Å². The first-order valence-corrected chi connectivity index (χ1v) is 12.2. The summed E-state index contributed by atoms with van der Waals surface area (Å²) in [7, 11) is 1.92. The quantitative estimate of drug-likeness (QED) is 0.399. The highest BCUT2D eigenvalue weighted by Crippen LogP contribution is 2.30. The minimum Gasteiger partial charge on any atom is -0.366 e. The Balaban J connectivity index is 1.17. The van der Waals surface area contributed by atoms with Crippen molar-refractivity contribution >= 4 is 17.2 Å². The van der Waals surface area contributed by atoms with Crippen LogP contribution >= 0.6 is 0 Å². The second-order valence-electron chi connectivity index (χ2n) is 9.63. The molecule has 10 heteroatoms. The molecule has 0 amide bonds. The van der Waals surface area contributed by atoms with Crippen LogP contribution in [0.3, 0.4) is 0 Å². The number of benzene rings is 1. The molecule has 1 fully saturated rings. The van der Waals surface area contributed by atoms with E-state index in [2.05, 4.69) is 42.1 Å². The molecule has 0 bridgehead atoms. The topological polar surface area (TPSA) is 93.4 Å². The highest BCUT2D eigenvalue weighted by molar-refractivity contribution is 5.79. The Bertz CT molecular complexity index is 1530. The monoisotopic (exact) mass is 497 g/mol. The van der Waals surface area contributed by atoms with E-state index in [-0.39, 0.29) is 5.82 Å². The third-order valence-corrected chi connectivity index (χ3v) is 7.11. The molecule has 0 radical (unpaired) electrons. The molecule has 1 aliphatic rings. The summed E-state index contributed by atoms with van der Waals surface area (Å²) in [5, 5.41) is 8.80. The summed E-state index contributed by atoms with van der Waals surface area (Å²) in [6.07, 6.45) is 11.3. The van der Waals surface area contributed by atoms with Gasteiger partial charge in [-0.3, -0.25) is 4.68 Å². The van der Waals surface area contributed by atoms with E-state index < -0.39 is 5.54 Å². The van der Waals surface area contributed by atoms with Crippen LogP contribution in [0.15, 0.2) is 73.6 Å². The molecular weight excluding hydrogens is 469 g/mol. The van der Waals surface area contributed by atoms with Gasteiger partial charge in [-0.25, -0.2) is 18.9 Å². The van der Waals surface area contributed by atoms with Crippen LogP contribution in [0.25, 0.3) is 16.6 Å². The van der Waals surface area contributed by atoms with Crippen molar-refractivity contribution in [1.82, 2.24) is 29.4 Å². The van der Waals surface area contributed by atoms with E-state index in [1.54, 1.807) is 29.2 Å². The molecule has 37 heavy (non-hydrogen) atoms. The van der Waals surface area contributed by atoms with Gasteiger partial charge in [0.15, 0.2) is 0 Å². The van der Waals surface area contributed by atoms with Gasteiger partial charge in [-0.15, -0.1) is 0 Å². The fourth-order valence-electron chi connectivity index (χ4n) is 4.86. The number of nitrogens with two attached hydrogens (primary N) is 1. The zero-order chi connectivity index (χ0) is 25.6. The number of halogens is 1. The summed E-state index contributed by atoms with van der Waals surface area (Å²) in [5.41, 5.74) is 11.7. The molecule has 0 spiro atoms. The predicted octanol–water partition coefficient (Wildman–Crippen LogP) is 3.21. The van der Waals surface area contributed by atoms with Crippen LogP contribution in [0.2, 0.25) is 0 Å². The Morgan fingerprint density at radius 1 is 0.838 bits per heavy atom. The maximum Gasteiger partial charge on any atom is 0.225 e. The summed E-state index contributed by atoms with van der Waals surface area (Å²) < 4.78 is 17.1. The van der Waals surface area contributed by atoms with E-state index in [0.717, 1.165) is 59.6 Å². The second kappa shape index (κ2) is 8.97. The second-order valence-corrected chi connectivity index (χ2v) is 9.63. The smallest absolute Gasteiger partial charge is 0.225 e. The van der Waals surface area contributed by atoms with Crippen LogP contribution in [0.1, 0.15) is 18.1 Å². The zero-order valence-corrected chi connectivity index (χ0v) is 20.8. The normalized spacial score (nSPS) is 15.8. The molecule has 1 unspecified atom stereocenters. The minimum atomic E-state index is -0.816. The fourth-order valence-corrected chi connectivity index (χ4v) is 4.86. The first kappa shape index (κ1) is 23.1. The highest BCUT2D eigenvalue weighted by atomic mass is 19.1. The van der Waals surface area contributed by atoms with Gasteiger partial charge in [-0.05, 0) is 36.8 Å². The van der Waals surface area contributed by atoms with Gasteiger partial charge < -0.3 is 15.5 Å². The maximum absolute atomic E-state index is 13.3. The molecule has 5 heterocycles. The first-order valence-electron chi connectivity index (χ1n) is 12.2. The molecule has 0 aliphatic carbocycles. The van der Waals surface area contributed by atoms with Gasteiger partial charge in [0.05, 0.1) is 22.9 Å². The lowest BCUT2D eigenvalue weighted by atomic mass is 9.87. The fraction of sp³-hybridized carbons (Fsp3) is 0.259. The van der Waals surface area contributed by atoms with Crippen molar-refractivity contribution in [2.45, 2.75) is 12.5 Å². The molecule has 5 aromatic rings. The minimum absolute atomic E-state index is 0.288. The molecule has 1 atom stereocenters. The molecular formula is C27H28FN9. The van der Waals surface area contributed by atoms with Crippen molar-refractivity contribution in [3.05, 3.63) is 90.5 Å². The molecule has 2 N–H and O–H groups in total. The van der Waals surface area contributed by atoms with Gasteiger partial charge in [0, 0.05) is 80.9 Å². The summed E-state index contributed by atoms with van der Waals surface area (Å²) >= 11 is 0. The van der Waals surface area contributed by atoms with E-state index in [0.29, 0.717) is 5.95 Å². The SMILES string of the molecule is Cn1cc(-c2cc3c(N4CCN(c5ncc(C(C)(N)c6ccc(F)cc6)cn5)CC4)ccnn3c2)cn1. The standard InChI is InChI=1S/C27H28FN9/c1-27(29,21-3-5-23(28)6-4-21)22-15-30-26(31-16-22)36-11-9-35(10-12-36)24-7-8-32-37-18-19(13-25(24)37)20-14-33-34(2)17-20/h3-8,13-18H,9-12,29H2,1-2H3. The Kier molecular flexibility index (Phi) is 5.60. The van der Waals surface area contributed by atoms with Crippen molar-refractivity contribution < 1.29 is 4.39 Å². The number of rotatable bonds is 5. The molecule has 4 aromatic heterocycles. The number of aromatic nitrogens is 6. The average Bonchev–Trinajstić information content (AvgIpc) is 3.55. The summed E-state index contributed by atoms with van der Waals surface area (Å²) in [5.74, 6) is 0.392. The van der Waals surface area contributed by atoms with Gasteiger partial charge in [0.2, 0.25) is 5.95 Å². The van der Waals surface area contributed by atoms with Gasteiger partial charge in [-0.1, -0.05) is 12.1 Å². The molecule has 0 saturated carbocycles. The average molecular weight is 498 g/mol. The summed E-state index contributed by atoms with van der Waals surface area (Å²) in [6.45, 7) is 5.14. The van der Waals surface area contributed by atoms with Crippen molar-refractivity contribution in [2.75, 3.05) is 36.0 Å². The highest BCUT2D eigenvalue weighted by Gasteiger charge is 2.26. The van der Waals surface area contributed by atoms with Crippen molar-refractivity contribution in [3.8, 4) is 11.1 Å². The van der Waals surface area contributed by atoms with Gasteiger partial charge in [-0.2, -0.15) is 10.2 Å². The third-order valence-electron chi connectivity index (χ3n) is 7.11. The molecule has 1 aliphatic heterocycles. The number of anilines is 2. The van der Waals surface area contributed by atoms with E-state index in [4.69, 9.17) is 5.73 Å². The lowest BCUT2D eigenvalue weighted by Gasteiger charge is -2.36. The van der Waals surface area contributed by atoms with Crippen LogP contribution < -0.4 is 15.5 Å². The Labute approximate surface area is 214 Å². The number of fused-ring (bicyclic) bond motifs is 1. The van der Waals surface area contributed by atoms with E-state index in [1.807, 2.05) is 43.3 Å².